The van der Waals surface area contributed by atoms with Crippen LogP contribution in [0.25, 0.3) is 0 Å². The fourth-order valence-corrected chi connectivity index (χ4v) is 4.88. The van der Waals surface area contributed by atoms with Crippen molar-refractivity contribution in [2.75, 3.05) is 51.4 Å². The number of hydrogen-bond acceptors (Lipinski definition) is 6. The van der Waals surface area contributed by atoms with Gasteiger partial charge in [-0.3, -0.25) is 4.90 Å². The molecule has 1 aliphatic heterocycles. The molecular formula is C29H36ClN3O3. The van der Waals surface area contributed by atoms with E-state index in [0.29, 0.717) is 30.2 Å². The Morgan fingerprint density at radius 1 is 0.917 bits per heavy atom. The molecule has 1 unspecified atom stereocenters. The third-order valence-corrected chi connectivity index (χ3v) is 7.34. The Kier molecular flexibility index (Phi) is 8.94. The van der Waals surface area contributed by atoms with E-state index in [4.69, 9.17) is 25.8 Å². The SMILES string of the molecule is COc1cc(N2CCN(C(C)c3ccc(OCCCOc4ccccn4)c(C)c3C)CC2)ccc1Cl. The van der Waals surface area contributed by atoms with Crippen LogP contribution < -0.4 is 19.1 Å². The molecule has 0 radical (unpaired) electrons. The first kappa shape index (κ1) is 26.1. The van der Waals surface area contributed by atoms with Crippen LogP contribution >= 0.6 is 11.6 Å². The molecule has 192 valence electrons. The summed E-state index contributed by atoms with van der Waals surface area (Å²) in [5.41, 5.74) is 5.02. The molecule has 0 N–H and O–H groups in total. The summed E-state index contributed by atoms with van der Waals surface area (Å²) in [5.74, 6) is 2.32. The first-order valence-electron chi connectivity index (χ1n) is 12.6. The molecule has 0 spiro atoms. The predicted molar refractivity (Wildman–Crippen MR) is 146 cm³/mol. The molecule has 0 amide bonds. The normalized spacial score (nSPS) is 15.0. The van der Waals surface area contributed by atoms with Gasteiger partial charge in [0.05, 0.1) is 25.3 Å². The number of piperazine rings is 1. The van der Waals surface area contributed by atoms with Gasteiger partial charge in [-0.2, -0.15) is 0 Å². The lowest BCUT2D eigenvalue weighted by Gasteiger charge is -2.40. The van der Waals surface area contributed by atoms with E-state index < -0.39 is 0 Å². The summed E-state index contributed by atoms with van der Waals surface area (Å²) in [6.07, 6.45) is 2.54. The first-order valence-corrected chi connectivity index (χ1v) is 12.9. The number of nitrogens with zero attached hydrogens (tertiary/aromatic N) is 3. The van der Waals surface area contributed by atoms with Crippen LogP contribution in [0.4, 0.5) is 5.69 Å². The highest BCUT2D eigenvalue weighted by Crippen LogP contribution is 2.33. The number of benzene rings is 2. The zero-order valence-corrected chi connectivity index (χ0v) is 22.4. The van der Waals surface area contributed by atoms with Crippen LogP contribution in [0.1, 0.15) is 36.1 Å². The minimum atomic E-state index is 0.339. The van der Waals surface area contributed by atoms with Crippen molar-refractivity contribution in [3.63, 3.8) is 0 Å². The molecule has 3 aromatic rings. The van der Waals surface area contributed by atoms with E-state index in [1.807, 2.05) is 30.3 Å². The summed E-state index contributed by atoms with van der Waals surface area (Å²) in [4.78, 5) is 9.13. The second-order valence-electron chi connectivity index (χ2n) is 9.14. The second kappa shape index (κ2) is 12.3. The van der Waals surface area contributed by atoms with Crippen molar-refractivity contribution in [2.45, 2.75) is 33.2 Å². The van der Waals surface area contributed by atoms with E-state index in [1.54, 1.807) is 13.3 Å². The van der Waals surface area contributed by atoms with Crippen LogP contribution in [0.3, 0.4) is 0 Å². The maximum Gasteiger partial charge on any atom is 0.213 e. The largest absolute Gasteiger partial charge is 0.495 e. The molecule has 6 nitrogen and oxygen atoms in total. The average Bonchev–Trinajstić information content (AvgIpc) is 2.91. The zero-order chi connectivity index (χ0) is 25.5. The van der Waals surface area contributed by atoms with Crippen LogP contribution in [-0.2, 0) is 0 Å². The second-order valence-corrected chi connectivity index (χ2v) is 9.55. The number of ether oxygens (including phenoxy) is 3. The van der Waals surface area contributed by atoms with Crippen molar-refractivity contribution < 1.29 is 14.2 Å². The highest BCUT2D eigenvalue weighted by molar-refractivity contribution is 6.32. The predicted octanol–water partition coefficient (Wildman–Crippen LogP) is 6.09. The highest BCUT2D eigenvalue weighted by atomic mass is 35.5. The highest BCUT2D eigenvalue weighted by Gasteiger charge is 2.24. The zero-order valence-electron chi connectivity index (χ0n) is 21.7. The van der Waals surface area contributed by atoms with Crippen molar-refractivity contribution in [1.29, 1.82) is 0 Å². The van der Waals surface area contributed by atoms with Gasteiger partial charge >= 0.3 is 0 Å². The summed E-state index contributed by atoms with van der Waals surface area (Å²) >= 11 is 6.20. The fraction of sp³-hybridized carbons (Fsp3) is 0.414. The number of hydrogen-bond donors (Lipinski definition) is 0. The quantitative estimate of drug-likeness (QED) is 0.308. The molecule has 0 aliphatic carbocycles. The monoisotopic (exact) mass is 509 g/mol. The molecule has 2 aromatic carbocycles. The molecule has 2 heterocycles. The van der Waals surface area contributed by atoms with E-state index in [9.17, 15) is 0 Å². The van der Waals surface area contributed by atoms with Gasteiger partial charge in [-0.05, 0) is 61.7 Å². The lowest BCUT2D eigenvalue weighted by atomic mass is 9.96. The summed E-state index contributed by atoms with van der Waals surface area (Å²) in [5, 5.41) is 0.643. The molecule has 0 bridgehead atoms. The standard InChI is InChI=1S/C29H36ClN3O3/c1-21-22(2)27(35-18-7-19-36-29-8-5-6-13-31-29)12-10-25(21)23(3)32-14-16-33(17-15-32)24-9-11-26(30)28(20-24)34-4/h5-6,8-13,20,23H,7,14-19H2,1-4H3. The summed E-state index contributed by atoms with van der Waals surface area (Å²) < 4.78 is 17.1. The van der Waals surface area contributed by atoms with Gasteiger partial charge in [0.1, 0.15) is 11.5 Å². The van der Waals surface area contributed by atoms with Gasteiger partial charge in [-0.25, -0.2) is 4.98 Å². The van der Waals surface area contributed by atoms with Gasteiger partial charge in [-0.15, -0.1) is 0 Å². The molecule has 1 fully saturated rings. The number of methoxy groups -OCH3 is 1. The summed E-state index contributed by atoms with van der Waals surface area (Å²) in [6.45, 7) is 11.8. The van der Waals surface area contributed by atoms with Crippen molar-refractivity contribution in [3.05, 3.63) is 76.4 Å². The van der Waals surface area contributed by atoms with E-state index in [2.05, 4.69) is 53.8 Å². The Hall–Kier alpha value is -2.96. The van der Waals surface area contributed by atoms with Gasteiger partial charge in [0, 0.05) is 62.7 Å². The Bertz CT molecular complexity index is 1130. The average molecular weight is 510 g/mol. The maximum atomic E-state index is 6.20. The van der Waals surface area contributed by atoms with E-state index in [-0.39, 0.29) is 0 Å². The van der Waals surface area contributed by atoms with Gasteiger partial charge in [-0.1, -0.05) is 23.7 Å². The van der Waals surface area contributed by atoms with E-state index in [0.717, 1.165) is 49.8 Å². The number of rotatable bonds is 10. The molecule has 7 heteroatoms. The molecule has 36 heavy (non-hydrogen) atoms. The molecule has 1 aromatic heterocycles. The lowest BCUT2D eigenvalue weighted by Crippen LogP contribution is -2.47. The molecule has 1 saturated heterocycles. The number of halogens is 1. The molecular weight excluding hydrogens is 474 g/mol. The fourth-order valence-electron chi connectivity index (χ4n) is 4.69. The van der Waals surface area contributed by atoms with Crippen LogP contribution in [0.2, 0.25) is 5.02 Å². The Morgan fingerprint density at radius 2 is 1.69 bits per heavy atom. The summed E-state index contributed by atoms with van der Waals surface area (Å²) in [6, 6.07) is 16.4. The first-order chi connectivity index (χ1) is 17.5. The lowest BCUT2D eigenvalue weighted by molar-refractivity contribution is 0.197. The minimum Gasteiger partial charge on any atom is -0.495 e. The number of anilines is 1. The molecule has 1 atom stereocenters. The Labute approximate surface area is 219 Å². The smallest absolute Gasteiger partial charge is 0.213 e. The van der Waals surface area contributed by atoms with Crippen LogP contribution in [0, 0.1) is 13.8 Å². The third kappa shape index (κ3) is 6.23. The van der Waals surface area contributed by atoms with Crippen LogP contribution in [0.15, 0.2) is 54.7 Å². The topological polar surface area (TPSA) is 47.1 Å². The van der Waals surface area contributed by atoms with Crippen molar-refractivity contribution in [2.24, 2.45) is 0 Å². The van der Waals surface area contributed by atoms with E-state index in [1.165, 1.54) is 16.7 Å². The Balaban J connectivity index is 1.29. The maximum absolute atomic E-state index is 6.20. The number of pyridine rings is 1. The van der Waals surface area contributed by atoms with E-state index >= 15 is 0 Å². The van der Waals surface area contributed by atoms with Crippen molar-refractivity contribution in [1.82, 2.24) is 9.88 Å². The molecule has 0 saturated carbocycles. The van der Waals surface area contributed by atoms with Crippen molar-refractivity contribution >= 4 is 17.3 Å². The van der Waals surface area contributed by atoms with Gasteiger partial charge in [0.25, 0.3) is 0 Å². The van der Waals surface area contributed by atoms with Gasteiger partial charge in [0.15, 0.2) is 0 Å². The Morgan fingerprint density at radius 3 is 2.42 bits per heavy atom. The minimum absolute atomic E-state index is 0.339. The third-order valence-electron chi connectivity index (χ3n) is 7.03. The van der Waals surface area contributed by atoms with Crippen molar-refractivity contribution in [3.8, 4) is 17.4 Å². The van der Waals surface area contributed by atoms with Gasteiger partial charge in [0.2, 0.25) is 5.88 Å². The number of aromatic nitrogens is 1. The molecule has 1 aliphatic rings. The van der Waals surface area contributed by atoms with Crippen LogP contribution in [-0.4, -0.2) is 56.4 Å². The summed E-state index contributed by atoms with van der Waals surface area (Å²) in [7, 11) is 1.66. The van der Waals surface area contributed by atoms with Crippen LogP contribution in [0.5, 0.6) is 17.4 Å². The van der Waals surface area contributed by atoms with Gasteiger partial charge < -0.3 is 19.1 Å². The molecule has 4 rings (SSSR count).